The molecule has 0 amide bonds. The molecule has 1 aliphatic carbocycles. The van der Waals surface area contributed by atoms with Gasteiger partial charge in [-0.15, -0.1) is 0 Å². The van der Waals surface area contributed by atoms with Gasteiger partial charge in [-0.1, -0.05) is 5.16 Å². The van der Waals surface area contributed by atoms with Crippen LogP contribution in [-0.4, -0.2) is 30.2 Å². The molecule has 0 aromatic heterocycles. The fraction of sp³-hybridized carbons (Fsp3) is 0.750. The molecular formula is C12H17NO4. The average molecular weight is 239 g/mol. The molecule has 1 spiro atoms. The number of nitrogens with zero attached hydrogens (tertiary/aromatic N) is 1. The summed E-state index contributed by atoms with van der Waals surface area (Å²) in [7, 11) is 0. The van der Waals surface area contributed by atoms with Gasteiger partial charge in [0.2, 0.25) is 0 Å². The van der Waals surface area contributed by atoms with Crippen LogP contribution in [0.2, 0.25) is 0 Å². The molecule has 0 saturated heterocycles. The second-order valence-corrected chi connectivity index (χ2v) is 4.68. The van der Waals surface area contributed by atoms with Crippen molar-refractivity contribution in [3.63, 3.8) is 0 Å². The first-order valence-corrected chi connectivity index (χ1v) is 6.06. The van der Waals surface area contributed by atoms with E-state index < -0.39 is 0 Å². The molecular weight excluding hydrogens is 222 g/mol. The molecule has 0 unspecified atom stereocenters. The van der Waals surface area contributed by atoms with Gasteiger partial charge >= 0.3 is 5.97 Å². The zero-order valence-corrected chi connectivity index (χ0v) is 9.98. The van der Waals surface area contributed by atoms with Crippen LogP contribution in [-0.2, 0) is 19.2 Å². The molecule has 1 heterocycles. The molecule has 2 aliphatic rings. The minimum absolute atomic E-state index is 0.135. The second kappa shape index (κ2) is 4.85. The number of aldehydes is 1. The Morgan fingerprint density at radius 1 is 1.59 bits per heavy atom. The summed E-state index contributed by atoms with van der Waals surface area (Å²) in [5, 5.41) is 3.84. The van der Waals surface area contributed by atoms with E-state index in [1.807, 2.05) is 0 Å². The summed E-state index contributed by atoms with van der Waals surface area (Å²) in [5.74, 6) is -0.252. The van der Waals surface area contributed by atoms with E-state index in [2.05, 4.69) is 5.16 Å². The van der Waals surface area contributed by atoms with Gasteiger partial charge in [-0.3, -0.25) is 0 Å². The molecule has 0 aromatic rings. The third kappa shape index (κ3) is 2.48. The van der Waals surface area contributed by atoms with Crippen LogP contribution in [0.1, 0.15) is 39.0 Å². The van der Waals surface area contributed by atoms with Crippen molar-refractivity contribution in [2.24, 2.45) is 11.1 Å². The molecule has 17 heavy (non-hydrogen) atoms. The van der Waals surface area contributed by atoms with Crippen LogP contribution in [0.3, 0.4) is 0 Å². The summed E-state index contributed by atoms with van der Waals surface area (Å²) >= 11 is 0. The van der Waals surface area contributed by atoms with Crippen molar-refractivity contribution in [1.29, 1.82) is 0 Å². The predicted octanol–water partition coefficient (Wildman–Crippen LogP) is 1.45. The molecule has 5 nitrogen and oxygen atoms in total. The highest BCUT2D eigenvalue weighted by Crippen LogP contribution is 2.40. The first kappa shape index (κ1) is 12.1. The summed E-state index contributed by atoms with van der Waals surface area (Å²) in [5.41, 5.74) is 0.0122. The molecule has 0 N–H and O–H groups in total. The molecule has 0 bridgehead atoms. The van der Waals surface area contributed by atoms with E-state index in [4.69, 9.17) is 9.57 Å². The minimum Gasteiger partial charge on any atom is -0.461 e. The second-order valence-electron chi connectivity index (χ2n) is 4.68. The van der Waals surface area contributed by atoms with Crippen molar-refractivity contribution in [2.45, 2.75) is 44.6 Å². The summed E-state index contributed by atoms with van der Waals surface area (Å²) in [6.45, 7) is 2.11. The van der Waals surface area contributed by atoms with Gasteiger partial charge in [0.1, 0.15) is 11.9 Å². The summed E-state index contributed by atoms with van der Waals surface area (Å²) in [6, 6.07) is 0. The minimum atomic E-state index is -0.387. The Kier molecular flexibility index (Phi) is 3.45. The Morgan fingerprint density at radius 3 is 2.88 bits per heavy atom. The van der Waals surface area contributed by atoms with Crippen molar-refractivity contribution in [3.8, 4) is 0 Å². The summed E-state index contributed by atoms with van der Waals surface area (Å²) < 4.78 is 4.90. The number of hydrogen-bond donors (Lipinski definition) is 0. The van der Waals surface area contributed by atoms with E-state index in [-0.39, 0.29) is 17.5 Å². The van der Waals surface area contributed by atoms with Crippen molar-refractivity contribution in [1.82, 2.24) is 0 Å². The van der Waals surface area contributed by atoms with Gasteiger partial charge in [-0.25, -0.2) is 4.79 Å². The fourth-order valence-corrected chi connectivity index (χ4v) is 2.42. The number of hydrogen-bond acceptors (Lipinski definition) is 5. The topological polar surface area (TPSA) is 65.0 Å². The molecule has 0 atom stereocenters. The van der Waals surface area contributed by atoms with Gasteiger partial charge in [0, 0.05) is 12.3 Å². The number of carbonyl (C=O) groups is 2. The molecule has 94 valence electrons. The van der Waals surface area contributed by atoms with Gasteiger partial charge in [0.25, 0.3) is 0 Å². The lowest BCUT2D eigenvalue weighted by Crippen LogP contribution is -2.35. The van der Waals surface area contributed by atoms with Gasteiger partial charge in [0.05, 0.1) is 6.61 Å². The average Bonchev–Trinajstić information content (AvgIpc) is 2.75. The van der Waals surface area contributed by atoms with Crippen molar-refractivity contribution >= 4 is 18.0 Å². The maximum atomic E-state index is 11.5. The Balaban J connectivity index is 1.91. The van der Waals surface area contributed by atoms with Gasteiger partial charge in [-0.05, 0) is 32.6 Å². The Hall–Kier alpha value is -1.39. The van der Waals surface area contributed by atoms with Crippen LogP contribution in [0.25, 0.3) is 0 Å². The number of esters is 1. The zero-order valence-electron chi connectivity index (χ0n) is 9.98. The Morgan fingerprint density at radius 2 is 2.29 bits per heavy atom. The fourth-order valence-electron chi connectivity index (χ4n) is 2.42. The van der Waals surface area contributed by atoms with E-state index in [0.29, 0.717) is 18.7 Å². The zero-order chi connectivity index (χ0) is 12.3. The predicted molar refractivity (Wildman–Crippen MR) is 60.5 cm³/mol. The third-order valence-corrected chi connectivity index (χ3v) is 3.48. The van der Waals surface area contributed by atoms with Crippen molar-refractivity contribution in [3.05, 3.63) is 0 Å². The van der Waals surface area contributed by atoms with Crippen LogP contribution >= 0.6 is 0 Å². The van der Waals surface area contributed by atoms with Crippen LogP contribution in [0.5, 0.6) is 0 Å². The van der Waals surface area contributed by atoms with Gasteiger partial charge < -0.3 is 14.4 Å². The lowest BCUT2D eigenvalue weighted by Gasteiger charge is -2.32. The quantitative estimate of drug-likeness (QED) is 0.552. The number of ether oxygens (including phenoxy) is 1. The van der Waals surface area contributed by atoms with Crippen LogP contribution < -0.4 is 0 Å². The largest absolute Gasteiger partial charge is 0.461 e. The van der Waals surface area contributed by atoms with Crippen LogP contribution in [0, 0.1) is 5.92 Å². The highest BCUT2D eigenvalue weighted by Gasteiger charge is 2.44. The van der Waals surface area contributed by atoms with E-state index in [1.54, 1.807) is 6.92 Å². The monoisotopic (exact) mass is 239 g/mol. The smallest absolute Gasteiger partial charge is 0.356 e. The maximum absolute atomic E-state index is 11.5. The van der Waals surface area contributed by atoms with Crippen LogP contribution in [0.15, 0.2) is 5.16 Å². The van der Waals surface area contributed by atoms with Crippen LogP contribution in [0.4, 0.5) is 0 Å². The number of oxime groups is 1. The van der Waals surface area contributed by atoms with Crippen molar-refractivity contribution < 1.29 is 19.2 Å². The summed E-state index contributed by atoms with van der Waals surface area (Å²) in [4.78, 5) is 27.6. The SMILES string of the molecule is CCOC(=O)C1=NOC2(CCC(C=O)CC2)C1. The highest BCUT2D eigenvalue weighted by atomic mass is 16.7. The third-order valence-electron chi connectivity index (χ3n) is 3.48. The van der Waals surface area contributed by atoms with Gasteiger partial charge in [-0.2, -0.15) is 0 Å². The number of rotatable bonds is 3. The van der Waals surface area contributed by atoms with E-state index in [1.165, 1.54) is 0 Å². The highest BCUT2D eigenvalue weighted by molar-refractivity contribution is 6.36. The molecule has 1 fully saturated rings. The normalized spacial score (nSPS) is 31.8. The Bertz CT molecular complexity index is 342. The van der Waals surface area contributed by atoms with E-state index >= 15 is 0 Å². The molecule has 0 aromatic carbocycles. The number of carbonyl (C=O) groups excluding carboxylic acids is 2. The van der Waals surface area contributed by atoms with Gasteiger partial charge in [0.15, 0.2) is 5.71 Å². The lowest BCUT2D eigenvalue weighted by molar-refractivity contribution is -0.135. The van der Waals surface area contributed by atoms with E-state index in [0.717, 1.165) is 32.0 Å². The first-order chi connectivity index (χ1) is 8.19. The maximum Gasteiger partial charge on any atom is 0.356 e. The molecule has 5 heteroatoms. The molecule has 1 saturated carbocycles. The van der Waals surface area contributed by atoms with Crippen molar-refractivity contribution in [2.75, 3.05) is 6.61 Å². The first-order valence-electron chi connectivity index (χ1n) is 6.06. The summed E-state index contributed by atoms with van der Waals surface area (Å²) in [6.07, 6.45) is 4.71. The molecule has 0 radical (unpaired) electrons. The Labute approximate surface area is 100 Å². The lowest BCUT2D eigenvalue weighted by atomic mass is 9.77. The van der Waals surface area contributed by atoms with E-state index in [9.17, 15) is 9.59 Å². The molecule has 2 rings (SSSR count). The standard InChI is InChI=1S/C12H17NO4/c1-2-16-11(15)10-7-12(17-13-10)5-3-9(8-14)4-6-12/h8-9H,2-7H2,1H3. The molecule has 1 aliphatic heterocycles.